The molecule has 1 aliphatic rings. The van der Waals surface area contributed by atoms with Gasteiger partial charge in [-0.2, -0.15) is 0 Å². The number of carbonyl (C=O) groups is 2. The van der Waals surface area contributed by atoms with Gasteiger partial charge in [0.2, 0.25) is 0 Å². The van der Waals surface area contributed by atoms with Crippen molar-refractivity contribution in [2.75, 3.05) is 18.9 Å². The first-order chi connectivity index (χ1) is 13.9. The number of carbonyl (C=O) groups excluding carboxylic acids is 1. The van der Waals surface area contributed by atoms with Gasteiger partial charge in [-0.3, -0.25) is 4.79 Å². The summed E-state index contributed by atoms with van der Waals surface area (Å²) in [5, 5.41) is 27.7. The number of rotatable bonds is 7. The normalized spacial score (nSPS) is 16.0. The molecule has 0 aliphatic carbocycles. The van der Waals surface area contributed by atoms with Crippen LogP contribution in [0.5, 0.6) is 5.75 Å². The molecule has 152 valence electrons. The monoisotopic (exact) mass is 419 g/mol. The molecule has 11 nitrogen and oxygen atoms in total. The highest BCUT2D eigenvalue weighted by Gasteiger charge is 2.38. The van der Waals surface area contributed by atoms with Gasteiger partial charge >= 0.3 is 13.1 Å². The van der Waals surface area contributed by atoms with Crippen molar-refractivity contribution in [2.24, 2.45) is 10.9 Å². The molecule has 2 heterocycles. The van der Waals surface area contributed by atoms with Crippen LogP contribution < -0.4 is 21.4 Å². The lowest BCUT2D eigenvalue weighted by molar-refractivity contribution is -0.115. The van der Waals surface area contributed by atoms with Gasteiger partial charge < -0.3 is 36.4 Å². The lowest BCUT2D eigenvalue weighted by Gasteiger charge is -2.28. The first-order valence-electron chi connectivity index (χ1n) is 8.53. The number of hydrogen-bond acceptors (Lipinski definition) is 10. The van der Waals surface area contributed by atoms with E-state index in [0.717, 1.165) is 11.3 Å². The van der Waals surface area contributed by atoms with Crippen LogP contribution in [0.25, 0.3) is 0 Å². The van der Waals surface area contributed by atoms with Crippen LogP contribution >= 0.6 is 11.3 Å². The highest BCUT2D eigenvalue weighted by atomic mass is 32.1. The topological polar surface area (TPSA) is 182 Å². The summed E-state index contributed by atoms with van der Waals surface area (Å²) in [5.74, 6) is -2.62. The van der Waals surface area contributed by atoms with Crippen molar-refractivity contribution in [1.29, 1.82) is 0 Å². The van der Waals surface area contributed by atoms with Crippen molar-refractivity contribution in [2.45, 2.75) is 12.4 Å². The van der Waals surface area contributed by atoms with E-state index in [-0.39, 0.29) is 47.4 Å². The predicted octanol–water partition coefficient (Wildman–Crippen LogP) is -0.757. The zero-order valence-corrected chi connectivity index (χ0v) is 15.9. The second-order valence-corrected chi connectivity index (χ2v) is 6.91. The Bertz CT molecular complexity index is 952. The van der Waals surface area contributed by atoms with Crippen LogP contribution in [0.4, 0.5) is 5.13 Å². The van der Waals surface area contributed by atoms with Gasteiger partial charge in [-0.1, -0.05) is 17.3 Å². The lowest BCUT2D eigenvalue weighted by Crippen LogP contribution is -2.54. The molecule has 0 radical (unpaired) electrons. The van der Waals surface area contributed by atoms with Crippen molar-refractivity contribution in [3.8, 4) is 5.75 Å². The van der Waals surface area contributed by atoms with E-state index in [2.05, 4.69) is 15.5 Å². The van der Waals surface area contributed by atoms with Crippen molar-refractivity contribution >= 4 is 41.2 Å². The Labute approximate surface area is 169 Å². The predicted molar refractivity (Wildman–Crippen MR) is 106 cm³/mol. The van der Waals surface area contributed by atoms with E-state index in [0.29, 0.717) is 5.56 Å². The number of nitrogens with one attached hydrogen (secondary N) is 1. The number of nitrogens with two attached hydrogens (primary N) is 2. The van der Waals surface area contributed by atoms with Gasteiger partial charge in [-0.05, 0) is 18.1 Å². The van der Waals surface area contributed by atoms with Crippen LogP contribution in [-0.2, 0) is 16.1 Å². The number of carboxylic acids is 1. The van der Waals surface area contributed by atoms with E-state index in [4.69, 9.17) is 21.0 Å². The summed E-state index contributed by atoms with van der Waals surface area (Å²) in [5.41, 5.74) is 11.5. The van der Waals surface area contributed by atoms with E-state index in [1.54, 1.807) is 17.5 Å². The molecule has 1 aliphatic heterocycles. The number of para-hydroxylation sites is 1. The molecule has 1 amide bonds. The van der Waals surface area contributed by atoms with Crippen molar-refractivity contribution < 1.29 is 29.2 Å². The Morgan fingerprint density at radius 3 is 2.93 bits per heavy atom. The van der Waals surface area contributed by atoms with E-state index >= 15 is 0 Å². The van der Waals surface area contributed by atoms with Gasteiger partial charge in [0.05, 0.1) is 11.5 Å². The number of nitrogens with zero attached hydrogens (tertiary/aromatic N) is 2. The Kier molecular flexibility index (Phi) is 6.31. The third-order valence-corrected chi connectivity index (χ3v) is 4.68. The average Bonchev–Trinajstić information content (AvgIpc) is 3.11. The summed E-state index contributed by atoms with van der Waals surface area (Å²) in [6.07, 6.45) is 0.152. The molecule has 0 bridgehead atoms. The highest BCUT2D eigenvalue weighted by molar-refractivity contribution is 7.13. The molecule has 13 heteroatoms. The molecule has 0 spiro atoms. The molecular formula is C16H18BN5O6S. The minimum atomic E-state index is -1.46. The maximum atomic E-state index is 12.8. The Morgan fingerprint density at radius 1 is 1.48 bits per heavy atom. The molecule has 7 N–H and O–H groups in total. The fraction of sp³-hybridized carbons (Fsp3) is 0.250. The Balaban J connectivity index is 1.80. The first kappa shape index (κ1) is 20.6. The van der Waals surface area contributed by atoms with Crippen LogP contribution in [0.2, 0.25) is 0 Å². The standard InChI is InChI=1S/C16H18BN5O6S/c18-4-5-27-22-12(10-7-29-16(19)20-10)14(23)21-11-6-8-2-1-3-9(15(24)25)13(8)28-17(11)26/h1-3,7,11,26H,4-6,18H2,(H2,19,20)(H,21,23)(H,24,25). The van der Waals surface area contributed by atoms with Gasteiger partial charge in [0, 0.05) is 11.9 Å². The van der Waals surface area contributed by atoms with Gasteiger partial charge in [0.1, 0.15) is 18.1 Å². The minimum absolute atomic E-state index is 0.0679. The number of fused-ring (bicyclic) bond motifs is 1. The van der Waals surface area contributed by atoms with E-state index in [9.17, 15) is 19.7 Å². The summed E-state index contributed by atoms with van der Waals surface area (Å²) < 4.78 is 5.36. The van der Waals surface area contributed by atoms with Gasteiger partial charge in [-0.25, -0.2) is 9.78 Å². The molecule has 0 saturated heterocycles. The van der Waals surface area contributed by atoms with Crippen LogP contribution in [-0.4, -0.2) is 58.9 Å². The highest BCUT2D eigenvalue weighted by Crippen LogP contribution is 2.30. The second kappa shape index (κ2) is 8.90. The van der Waals surface area contributed by atoms with E-state index in [1.807, 2.05) is 0 Å². The summed E-state index contributed by atoms with van der Waals surface area (Å²) in [7, 11) is -1.46. The number of anilines is 1. The number of carboxylic acid groups (broad SMARTS) is 1. The average molecular weight is 419 g/mol. The molecule has 1 aromatic carbocycles. The number of nitrogen functional groups attached to an aromatic ring is 1. The van der Waals surface area contributed by atoms with Gasteiger partial charge in [0.15, 0.2) is 10.8 Å². The Hall–Kier alpha value is -3.16. The second-order valence-electron chi connectivity index (χ2n) is 6.02. The largest absolute Gasteiger partial charge is 0.547 e. The van der Waals surface area contributed by atoms with Crippen LogP contribution in [0, 0.1) is 0 Å². The third-order valence-electron chi connectivity index (χ3n) is 4.01. The number of oxime groups is 1. The number of amides is 1. The van der Waals surface area contributed by atoms with Crippen molar-refractivity contribution in [3.63, 3.8) is 0 Å². The summed E-state index contributed by atoms with van der Waals surface area (Å²) in [6, 6.07) is 4.60. The molecule has 1 aromatic heterocycles. The molecule has 2 aromatic rings. The van der Waals surface area contributed by atoms with Gasteiger partial charge in [0.25, 0.3) is 5.91 Å². The SMILES string of the molecule is NCCON=C(C(=O)NC1Cc2cccc(C(=O)O)c2OB1O)c1csc(N)n1. The molecule has 0 fully saturated rings. The lowest BCUT2D eigenvalue weighted by atomic mass is 9.72. The molecular weight excluding hydrogens is 401 g/mol. The number of thiazole rings is 1. The van der Waals surface area contributed by atoms with Crippen LogP contribution in [0.1, 0.15) is 21.6 Å². The van der Waals surface area contributed by atoms with Crippen molar-refractivity contribution in [3.05, 3.63) is 40.4 Å². The first-order valence-corrected chi connectivity index (χ1v) is 9.40. The smallest absolute Gasteiger partial charge is 0.534 e. The number of hydrogen-bond donors (Lipinski definition) is 5. The van der Waals surface area contributed by atoms with Gasteiger partial charge in [-0.15, -0.1) is 11.3 Å². The minimum Gasteiger partial charge on any atom is -0.534 e. The molecule has 0 saturated carbocycles. The van der Waals surface area contributed by atoms with E-state index < -0.39 is 24.9 Å². The van der Waals surface area contributed by atoms with E-state index in [1.165, 1.54) is 6.07 Å². The number of aromatic carboxylic acids is 1. The van der Waals surface area contributed by atoms with Crippen molar-refractivity contribution in [1.82, 2.24) is 10.3 Å². The Morgan fingerprint density at radius 2 is 2.28 bits per heavy atom. The summed E-state index contributed by atoms with van der Waals surface area (Å²) in [4.78, 5) is 33.1. The molecule has 29 heavy (non-hydrogen) atoms. The third kappa shape index (κ3) is 4.64. The fourth-order valence-corrected chi connectivity index (χ4v) is 3.26. The number of aromatic nitrogens is 1. The zero-order valence-electron chi connectivity index (χ0n) is 15.1. The quantitative estimate of drug-likeness (QED) is 0.167. The maximum Gasteiger partial charge on any atom is 0.547 e. The fourth-order valence-electron chi connectivity index (χ4n) is 2.72. The maximum absolute atomic E-state index is 12.8. The summed E-state index contributed by atoms with van der Waals surface area (Å²) >= 11 is 1.13. The molecule has 1 atom stereocenters. The number of benzene rings is 1. The van der Waals surface area contributed by atoms with Crippen LogP contribution in [0.3, 0.4) is 0 Å². The summed E-state index contributed by atoms with van der Waals surface area (Å²) in [6.45, 7) is 0.298. The molecule has 1 unspecified atom stereocenters. The molecule has 3 rings (SSSR count). The van der Waals surface area contributed by atoms with Crippen LogP contribution in [0.15, 0.2) is 28.7 Å². The zero-order chi connectivity index (χ0) is 21.0.